The number of aliphatic imine (C=N–C) groups is 1. The lowest BCUT2D eigenvalue weighted by atomic mass is 10.1. The Morgan fingerprint density at radius 1 is 1.23 bits per heavy atom. The standard InChI is InChI=1S/C23H39N5O.HI/c1-5-13-28-14-11-21(12-15-28)27-23(24-7-3)25-17-19-9-8-10-20(16-19)22(29)26-18(4)6-2;/h8-10,16,18,21H,5-7,11-15,17H2,1-4H3,(H,26,29)(H2,24,25,27);1H. The van der Waals surface area contributed by atoms with E-state index in [4.69, 9.17) is 4.99 Å². The van der Waals surface area contributed by atoms with Gasteiger partial charge in [0.1, 0.15) is 0 Å². The molecule has 1 aliphatic rings. The number of halogens is 1. The van der Waals surface area contributed by atoms with Gasteiger partial charge in [-0.3, -0.25) is 4.79 Å². The number of hydrogen-bond donors (Lipinski definition) is 3. The Morgan fingerprint density at radius 2 is 1.97 bits per heavy atom. The van der Waals surface area contributed by atoms with Crippen LogP contribution < -0.4 is 16.0 Å². The first-order valence-electron chi connectivity index (χ1n) is 11.2. The fraction of sp³-hybridized carbons (Fsp3) is 0.652. The molecule has 1 fully saturated rings. The van der Waals surface area contributed by atoms with Crippen molar-refractivity contribution in [3.63, 3.8) is 0 Å². The molecule has 0 aliphatic carbocycles. The van der Waals surface area contributed by atoms with Gasteiger partial charge in [0, 0.05) is 37.3 Å². The highest BCUT2D eigenvalue weighted by molar-refractivity contribution is 14.0. The number of benzene rings is 1. The SMILES string of the molecule is CCCN1CCC(NC(=NCc2cccc(C(=O)NC(C)CC)c2)NCC)CC1.I. The van der Waals surface area contributed by atoms with Crippen molar-refractivity contribution < 1.29 is 4.79 Å². The molecule has 2 rings (SSSR count). The Labute approximate surface area is 199 Å². The monoisotopic (exact) mass is 529 g/mol. The van der Waals surface area contributed by atoms with E-state index in [1.54, 1.807) is 0 Å². The van der Waals surface area contributed by atoms with E-state index in [-0.39, 0.29) is 35.9 Å². The van der Waals surface area contributed by atoms with Gasteiger partial charge in [0.15, 0.2) is 5.96 Å². The van der Waals surface area contributed by atoms with Gasteiger partial charge >= 0.3 is 0 Å². The zero-order valence-corrected chi connectivity index (χ0v) is 21.4. The molecule has 1 atom stereocenters. The smallest absolute Gasteiger partial charge is 0.251 e. The van der Waals surface area contributed by atoms with E-state index in [1.807, 2.05) is 31.2 Å². The van der Waals surface area contributed by atoms with Gasteiger partial charge in [-0.05, 0) is 63.8 Å². The highest BCUT2D eigenvalue weighted by atomic mass is 127. The summed E-state index contributed by atoms with van der Waals surface area (Å²) in [5, 5.41) is 9.97. The lowest BCUT2D eigenvalue weighted by Crippen LogP contribution is -2.48. The molecular weight excluding hydrogens is 489 g/mol. The van der Waals surface area contributed by atoms with Crippen LogP contribution in [0.25, 0.3) is 0 Å². The summed E-state index contributed by atoms with van der Waals surface area (Å²) in [5.74, 6) is 0.838. The molecule has 1 unspecified atom stereocenters. The number of piperidine rings is 1. The fourth-order valence-corrected chi connectivity index (χ4v) is 3.52. The first kappa shape index (κ1) is 26.7. The zero-order valence-electron chi connectivity index (χ0n) is 19.0. The van der Waals surface area contributed by atoms with Crippen LogP contribution in [0.3, 0.4) is 0 Å². The molecule has 7 heteroatoms. The lowest BCUT2D eigenvalue weighted by molar-refractivity contribution is 0.0939. The molecular formula is C23H40IN5O. The maximum absolute atomic E-state index is 12.4. The Kier molecular flexibility index (Phi) is 13.0. The minimum Gasteiger partial charge on any atom is -0.357 e. The third-order valence-electron chi connectivity index (χ3n) is 5.41. The van der Waals surface area contributed by atoms with Crippen molar-refractivity contribution in [3.05, 3.63) is 35.4 Å². The largest absolute Gasteiger partial charge is 0.357 e. The van der Waals surface area contributed by atoms with Crippen molar-refractivity contribution >= 4 is 35.8 Å². The van der Waals surface area contributed by atoms with E-state index < -0.39 is 0 Å². The topological polar surface area (TPSA) is 68.8 Å². The number of carbonyl (C=O) groups excluding carboxylic acids is 1. The third kappa shape index (κ3) is 9.20. The molecule has 1 aromatic rings. The summed E-state index contributed by atoms with van der Waals surface area (Å²) >= 11 is 0. The van der Waals surface area contributed by atoms with Crippen molar-refractivity contribution in [2.75, 3.05) is 26.2 Å². The number of amides is 1. The van der Waals surface area contributed by atoms with Crippen molar-refractivity contribution in [3.8, 4) is 0 Å². The Bertz CT molecular complexity index is 659. The first-order chi connectivity index (χ1) is 14.0. The van der Waals surface area contributed by atoms with Gasteiger partial charge in [-0.1, -0.05) is 26.0 Å². The zero-order chi connectivity index (χ0) is 21.1. The van der Waals surface area contributed by atoms with E-state index in [1.165, 1.54) is 13.0 Å². The molecule has 1 aromatic carbocycles. The van der Waals surface area contributed by atoms with Gasteiger partial charge in [0.2, 0.25) is 0 Å². The number of nitrogens with zero attached hydrogens (tertiary/aromatic N) is 2. The highest BCUT2D eigenvalue weighted by Crippen LogP contribution is 2.11. The molecule has 0 bridgehead atoms. The molecule has 0 spiro atoms. The summed E-state index contributed by atoms with van der Waals surface area (Å²) in [7, 11) is 0. The Balaban J connectivity index is 0.00000450. The van der Waals surface area contributed by atoms with Crippen LogP contribution in [0.5, 0.6) is 0 Å². The lowest BCUT2D eigenvalue weighted by Gasteiger charge is -2.32. The van der Waals surface area contributed by atoms with Gasteiger partial charge in [-0.15, -0.1) is 24.0 Å². The normalized spacial score (nSPS) is 16.5. The van der Waals surface area contributed by atoms with E-state index in [0.717, 1.165) is 50.4 Å². The molecule has 3 N–H and O–H groups in total. The van der Waals surface area contributed by atoms with Crippen LogP contribution in [0.1, 0.15) is 69.3 Å². The molecule has 1 aliphatic heterocycles. The van der Waals surface area contributed by atoms with Gasteiger partial charge in [-0.2, -0.15) is 0 Å². The van der Waals surface area contributed by atoms with Gasteiger partial charge in [0.25, 0.3) is 5.91 Å². The average Bonchev–Trinajstić information content (AvgIpc) is 2.74. The second kappa shape index (κ2) is 14.6. The summed E-state index contributed by atoms with van der Waals surface area (Å²) in [6, 6.07) is 8.40. The molecule has 170 valence electrons. The predicted octanol–water partition coefficient (Wildman–Crippen LogP) is 3.76. The number of rotatable bonds is 9. The number of carbonyl (C=O) groups is 1. The molecule has 1 amide bonds. The van der Waals surface area contributed by atoms with Crippen LogP contribution in [0.4, 0.5) is 0 Å². The van der Waals surface area contributed by atoms with E-state index in [9.17, 15) is 4.79 Å². The molecule has 30 heavy (non-hydrogen) atoms. The second-order valence-corrected chi connectivity index (χ2v) is 7.94. The van der Waals surface area contributed by atoms with Crippen LogP contribution in [0.15, 0.2) is 29.3 Å². The van der Waals surface area contributed by atoms with Crippen molar-refractivity contribution in [2.45, 2.75) is 72.0 Å². The Hall–Kier alpha value is -1.35. The Morgan fingerprint density at radius 3 is 2.60 bits per heavy atom. The minimum absolute atomic E-state index is 0. The summed E-state index contributed by atoms with van der Waals surface area (Å²) in [4.78, 5) is 19.7. The quantitative estimate of drug-likeness (QED) is 0.259. The molecule has 1 saturated heterocycles. The minimum atomic E-state index is -0.0194. The number of hydrogen-bond acceptors (Lipinski definition) is 3. The maximum atomic E-state index is 12.4. The third-order valence-corrected chi connectivity index (χ3v) is 5.41. The van der Waals surface area contributed by atoms with Crippen LogP contribution in [-0.4, -0.2) is 55.0 Å². The van der Waals surface area contributed by atoms with Crippen LogP contribution in [0, 0.1) is 0 Å². The summed E-state index contributed by atoms with van der Waals surface area (Å²) in [6.07, 6.45) is 4.44. The van der Waals surface area contributed by atoms with E-state index in [0.29, 0.717) is 18.2 Å². The summed E-state index contributed by atoms with van der Waals surface area (Å²) in [6.45, 7) is 13.3. The van der Waals surface area contributed by atoms with Gasteiger partial charge in [-0.25, -0.2) is 4.99 Å². The fourth-order valence-electron chi connectivity index (χ4n) is 3.52. The predicted molar refractivity (Wildman–Crippen MR) is 137 cm³/mol. The maximum Gasteiger partial charge on any atom is 0.251 e. The second-order valence-electron chi connectivity index (χ2n) is 7.94. The molecule has 1 heterocycles. The highest BCUT2D eigenvalue weighted by Gasteiger charge is 2.19. The van der Waals surface area contributed by atoms with Gasteiger partial charge < -0.3 is 20.9 Å². The summed E-state index contributed by atoms with van der Waals surface area (Å²) < 4.78 is 0. The number of likely N-dealkylation sites (tertiary alicyclic amines) is 1. The van der Waals surface area contributed by atoms with Crippen LogP contribution >= 0.6 is 24.0 Å². The van der Waals surface area contributed by atoms with E-state index >= 15 is 0 Å². The van der Waals surface area contributed by atoms with Crippen molar-refractivity contribution in [1.82, 2.24) is 20.9 Å². The first-order valence-corrected chi connectivity index (χ1v) is 11.2. The molecule has 6 nitrogen and oxygen atoms in total. The average molecular weight is 530 g/mol. The number of guanidine groups is 1. The van der Waals surface area contributed by atoms with Crippen LogP contribution in [0.2, 0.25) is 0 Å². The van der Waals surface area contributed by atoms with Crippen LogP contribution in [-0.2, 0) is 6.54 Å². The molecule has 0 aromatic heterocycles. The number of nitrogens with one attached hydrogen (secondary N) is 3. The van der Waals surface area contributed by atoms with Crippen molar-refractivity contribution in [2.24, 2.45) is 4.99 Å². The van der Waals surface area contributed by atoms with Crippen molar-refractivity contribution in [1.29, 1.82) is 0 Å². The van der Waals surface area contributed by atoms with Gasteiger partial charge in [0.05, 0.1) is 6.54 Å². The summed E-state index contributed by atoms with van der Waals surface area (Å²) in [5.41, 5.74) is 1.73. The molecule has 0 saturated carbocycles. The van der Waals surface area contributed by atoms with E-state index in [2.05, 4.69) is 41.6 Å². The molecule has 0 radical (unpaired) electrons.